The first kappa shape index (κ1) is 16.3. The molecular formula is C15H16F2N4O3. The van der Waals surface area contributed by atoms with Gasteiger partial charge in [0.05, 0.1) is 17.6 Å². The number of aromatic nitrogens is 2. The van der Waals surface area contributed by atoms with Crippen molar-refractivity contribution in [3.05, 3.63) is 51.8 Å². The van der Waals surface area contributed by atoms with Crippen molar-refractivity contribution in [3.63, 3.8) is 0 Å². The second kappa shape index (κ2) is 6.52. The molecule has 128 valence electrons. The Balaban J connectivity index is 1.70. The summed E-state index contributed by atoms with van der Waals surface area (Å²) >= 11 is 0. The molecule has 1 aromatic heterocycles. The van der Waals surface area contributed by atoms with Crippen molar-refractivity contribution in [2.24, 2.45) is 0 Å². The average Bonchev–Trinajstić information content (AvgIpc) is 2.98. The van der Waals surface area contributed by atoms with Crippen LogP contribution in [0.2, 0.25) is 0 Å². The number of anilines is 1. The minimum atomic E-state index is -0.919. The maximum absolute atomic E-state index is 13.5. The van der Waals surface area contributed by atoms with Crippen molar-refractivity contribution >= 4 is 11.4 Å². The van der Waals surface area contributed by atoms with Crippen LogP contribution < -0.4 is 4.90 Å². The number of fused-ring (bicyclic) bond motifs is 1. The summed E-state index contributed by atoms with van der Waals surface area (Å²) in [5, 5.41) is 24.7. The van der Waals surface area contributed by atoms with Gasteiger partial charge in [0, 0.05) is 24.8 Å². The molecule has 0 amide bonds. The molecule has 0 radical (unpaired) electrons. The van der Waals surface area contributed by atoms with E-state index >= 15 is 0 Å². The second-order valence-corrected chi connectivity index (χ2v) is 5.78. The number of aryl methyl sites for hydroxylation is 1. The van der Waals surface area contributed by atoms with Crippen LogP contribution in [-0.4, -0.2) is 39.0 Å². The number of nitrogens with zero attached hydrogens (tertiary/aromatic N) is 4. The molecule has 1 N–H and O–H groups in total. The Kier molecular flexibility index (Phi) is 4.43. The van der Waals surface area contributed by atoms with Crippen LogP contribution in [-0.2, 0) is 13.0 Å². The smallest absolute Gasteiger partial charge is 0.306 e. The van der Waals surface area contributed by atoms with Crippen molar-refractivity contribution < 1.29 is 18.8 Å². The second-order valence-electron chi connectivity index (χ2n) is 5.78. The fourth-order valence-corrected chi connectivity index (χ4v) is 2.92. The lowest BCUT2D eigenvalue weighted by atomic mass is 10.0. The molecule has 0 saturated heterocycles. The minimum absolute atomic E-state index is 0.0728. The maximum atomic E-state index is 13.5. The van der Waals surface area contributed by atoms with Gasteiger partial charge < -0.3 is 10.0 Å². The molecule has 24 heavy (non-hydrogen) atoms. The van der Waals surface area contributed by atoms with Gasteiger partial charge in [-0.1, -0.05) is 0 Å². The molecule has 1 aliphatic heterocycles. The molecular weight excluding hydrogens is 322 g/mol. The van der Waals surface area contributed by atoms with Crippen LogP contribution in [0.25, 0.3) is 0 Å². The van der Waals surface area contributed by atoms with Crippen molar-refractivity contribution in [2.45, 2.75) is 25.5 Å². The van der Waals surface area contributed by atoms with Gasteiger partial charge in [0.15, 0.2) is 11.6 Å². The van der Waals surface area contributed by atoms with Crippen molar-refractivity contribution in [1.82, 2.24) is 9.78 Å². The lowest BCUT2D eigenvalue weighted by Crippen LogP contribution is -2.38. The molecule has 3 rings (SSSR count). The molecule has 1 unspecified atom stereocenters. The molecule has 0 aliphatic carbocycles. The van der Waals surface area contributed by atoms with Gasteiger partial charge in [0.1, 0.15) is 12.4 Å². The van der Waals surface area contributed by atoms with Crippen LogP contribution >= 0.6 is 0 Å². The van der Waals surface area contributed by atoms with Gasteiger partial charge in [0.2, 0.25) is 0 Å². The van der Waals surface area contributed by atoms with Gasteiger partial charge >= 0.3 is 5.69 Å². The van der Waals surface area contributed by atoms with Crippen LogP contribution in [0, 0.1) is 21.7 Å². The number of benzene rings is 1. The highest BCUT2D eigenvalue weighted by Crippen LogP contribution is 2.29. The fraction of sp³-hybridized carbons (Fsp3) is 0.400. The highest BCUT2D eigenvalue weighted by Gasteiger charge is 2.22. The Hall–Kier alpha value is -2.55. The molecule has 9 heteroatoms. The van der Waals surface area contributed by atoms with E-state index in [4.69, 9.17) is 0 Å². The zero-order valence-electron chi connectivity index (χ0n) is 12.7. The summed E-state index contributed by atoms with van der Waals surface area (Å²) in [5.74, 6) is -1.79. The summed E-state index contributed by atoms with van der Waals surface area (Å²) in [6, 6.07) is 2.34. The number of aliphatic hydroxyl groups is 1. The summed E-state index contributed by atoms with van der Waals surface area (Å²) in [6.45, 7) is 0.892. The molecule has 0 bridgehead atoms. The molecule has 0 fully saturated rings. The molecule has 0 spiro atoms. The number of rotatable bonds is 5. The summed E-state index contributed by atoms with van der Waals surface area (Å²) in [7, 11) is 0. The summed E-state index contributed by atoms with van der Waals surface area (Å²) < 4.78 is 28.1. The lowest BCUT2D eigenvalue weighted by molar-refractivity contribution is -0.385. The first-order chi connectivity index (χ1) is 11.4. The Morgan fingerprint density at radius 2 is 2.08 bits per heavy atom. The van der Waals surface area contributed by atoms with E-state index in [0.29, 0.717) is 24.2 Å². The molecule has 2 aromatic rings. The Labute approximate surface area is 136 Å². The quantitative estimate of drug-likeness (QED) is 0.665. The number of hydrogen-bond donors (Lipinski definition) is 1. The SMILES string of the molecule is O=[N+]([O-])c1cnn(CC(O)CN2CCCc3cc(F)c(F)cc32)c1. The predicted octanol–water partition coefficient (Wildman–Crippen LogP) is 1.88. The van der Waals surface area contributed by atoms with Crippen LogP contribution in [0.3, 0.4) is 0 Å². The molecule has 1 aliphatic rings. The van der Waals surface area contributed by atoms with Crippen LogP contribution in [0.15, 0.2) is 24.5 Å². The van der Waals surface area contributed by atoms with Crippen molar-refractivity contribution in [2.75, 3.05) is 18.0 Å². The van der Waals surface area contributed by atoms with E-state index in [-0.39, 0.29) is 18.8 Å². The molecule has 0 saturated carbocycles. The Morgan fingerprint density at radius 3 is 2.79 bits per heavy atom. The predicted molar refractivity (Wildman–Crippen MR) is 81.8 cm³/mol. The van der Waals surface area contributed by atoms with E-state index < -0.39 is 22.7 Å². The van der Waals surface area contributed by atoms with Crippen molar-refractivity contribution in [3.8, 4) is 0 Å². The van der Waals surface area contributed by atoms with Gasteiger partial charge in [-0.15, -0.1) is 0 Å². The van der Waals surface area contributed by atoms with E-state index in [1.54, 1.807) is 4.90 Å². The van der Waals surface area contributed by atoms with Gasteiger partial charge in [-0.25, -0.2) is 8.78 Å². The third-order valence-corrected chi connectivity index (χ3v) is 4.00. The summed E-state index contributed by atoms with van der Waals surface area (Å²) in [4.78, 5) is 11.9. The monoisotopic (exact) mass is 338 g/mol. The van der Waals surface area contributed by atoms with E-state index in [9.17, 15) is 24.0 Å². The largest absolute Gasteiger partial charge is 0.389 e. The zero-order chi connectivity index (χ0) is 17.3. The zero-order valence-corrected chi connectivity index (χ0v) is 12.7. The summed E-state index contributed by atoms with van der Waals surface area (Å²) in [6.07, 6.45) is 2.93. The number of hydrogen-bond acceptors (Lipinski definition) is 5. The van der Waals surface area contributed by atoms with Crippen LogP contribution in [0.5, 0.6) is 0 Å². The number of aliphatic hydroxyl groups excluding tert-OH is 1. The van der Waals surface area contributed by atoms with E-state index in [1.807, 2.05) is 0 Å². The number of β-amino-alcohol motifs (C(OH)–C–C–N with tert-alkyl or cyclic N) is 1. The number of nitro groups is 1. The van der Waals surface area contributed by atoms with Crippen LogP contribution in [0.1, 0.15) is 12.0 Å². The third-order valence-electron chi connectivity index (χ3n) is 4.00. The maximum Gasteiger partial charge on any atom is 0.306 e. The summed E-state index contributed by atoms with van der Waals surface area (Å²) in [5.41, 5.74) is 1.13. The highest BCUT2D eigenvalue weighted by molar-refractivity contribution is 5.56. The normalized spacial score (nSPS) is 15.2. The Bertz CT molecular complexity index is 765. The number of halogens is 2. The van der Waals surface area contributed by atoms with E-state index in [1.165, 1.54) is 16.9 Å². The standard InChI is InChI=1S/C15H16F2N4O3/c16-13-4-10-2-1-3-19(15(10)5-14(13)17)8-12(22)9-20-7-11(6-18-20)21(23)24/h4-7,12,22H,1-3,8-9H2. The molecule has 1 aromatic carbocycles. The molecule has 7 nitrogen and oxygen atoms in total. The van der Waals surface area contributed by atoms with Gasteiger partial charge in [-0.05, 0) is 24.5 Å². The Morgan fingerprint density at radius 1 is 1.33 bits per heavy atom. The molecule has 2 heterocycles. The average molecular weight is 338 g/mol. The third kappa shape index (κ3) is 3.35. The van der Waals surface area contributed by atoms with Gasteiger partial charge in [0.25, 0.3) is 0 Å². The topological polar surface area (TPSA) is 84.4 Å². The minimum Gasteiger partial charge on any atom is -0.389 e. The van der Waals surface area contributed by atoms with Crippen molar-refractivity contribution in [1.29, 1.82) is 0 Å². The lowest BCUT2D eigenvalue weighted by Gasteiger charge is -2.33. The first-order valence-electron chi connectivity index (χ1n) is 7.52. The van der Waals surface area contributed by atoms with Crippen LogP contribution in [0.4, 0.5) is 20.2 Å². The fourth-order valence-electron chi connectivity index (χ4n) is 2.92. The highest BCUT2D eigenvalue weighted by atomic mass is 19.2. The van der Waals surface area contributed by atoms with E-state index in [2.05, 4.69) is 5.10 Å². The van der Waals surface area contributed by atoms with Gasteiger partial charge in [-0.3, -0.25) is 14.8 Å². The van der Waals surface area contributed by atoms with E-state index in [0.717, 1.165) is 18.7 Å². The first-order valence-corrected chi connectivity index (χ1v) is 7.52. The van der Waals surface area contributed by atoms with Gasteiger partial charge in [-0.2, -0.15) is 5.10 Å². The molecule has 1 atom stereocenters.